The quantitative estimate of drug-likeness (QED) is 0.882. The maximum Gasteiger partial charge on any atom is 0.261 e. The summed E-state index contributed by atoms with van der Waals surface area (Å²) in [6, 6.07) is 6.95. The van der Waals surface area contributed by atoms with Crippen LogP contribution in [0.3, 0.4) is 0 Å². The van der Waals surface area contributed by atoms with Crippen LogP contribution in [0.4, 0.5) is 5.69 Å². The Bertz CT molecular complexity index is 616. The Labute approximate surface area is 113 Å². The molecule has 1 heterocycles. The van der Waals surface area contributed by atoms with E-state index in [1.807, 2.05) is 12.1 Å². The monoisotopic (exact) mass is 279 g/mol. The topological polar surface area (TPSA) is 74.8 Å². The van der Waals surface area contributed by atoms with Gasteiger partial charge in [-0.15, -0.1) is 0 Å². The molecule has 0 aliphatic rings. The number of rotatable bonds is 5. The second-order valence-electron chi connectivity index (χ2n) is 4.83. The summed E-state index contributed by atoms with van der Waals surface area (Å²) < 4.78 is 26.6. The molecule has 2 rings (SSSR count). The van der Waals surface area contributed by atoms with Gasteiger partial charge in [0.2, 0.25) is 0 Å². The Morgan fingerprint density at radius 2 is 1.95 bits per heavy atom. The number of nitrogens with one attached hydrogen (secondary N) is 2. The molecule has 0 unspecified atom stereocenters. The lowest BCUT2D eigenvalue weighted by Crippen LogP contribution is -2.12. The molecular formula is C13H17N3O2S. The summed E-state index contributed by atoms with van der Waals surface area (Å²) in [6.07, 6.45) is 3.85. The van der Waals surface area contributed by atoms with Gasteiger partial charge in [0.05, 0.1) is 16.8 Å². The van der Waals surface area contributed by atoms with E-state index in [1.54, 1.807) is 12.1 Å². The van der Waals surface area contributed by atoms with Crippen molar-refractivity contribution in [1.29, 1.82) is 0 Å². The lowest BCUT2D eigenvalue weighted by Gasteiger charge is -2.08. The van der Waals surface area contributed by atoms with Gasteiger partial charge < -0.3 is 0 Å². The normalized spacial score (nSPS) is 11.7. The zero-order chi connectivity index (χ0) is 13.9. The van der Waals surface area contributed by atoms with Crippen LogP contribution in [0.15, 0.2) is 41.6 Å². The van der Waals surface area contributed by atoms with E-state index in [-0.39, 0.29) is 4.90 Å². The van der Waals surface area contributed by atoms with Gasteiger partial charge in [-0.3, -0.25) is 9.82 Å². The van der Waals surface area contributed by atoms with E-state index in [4.69, 9.17) is 0 Å². The predicted octanol–water partition coefficient (Wildman–Crippen LogP) is 2.41. The standard InChI is InChI=1S/C13H17N3O2S/c1-10(2)7-11-3-5-13(6-4-11)19(17,18)16-12-8-14-15-9-12/h3-6,8-10,16H,7H2,1-2H3,(H,14,15). The third-order valence-electron chi connectivity index (χ3n) is 2.63. The summed E-state index contributed by atoms with van der Waals surface area (Å²) in [4.78, 5) is 0.251. The molecule has 102 valence electrons. The van der Waals surface area contributed by atoms with Crippen LogP contribution in [-0.4, -0.2) is 18.6 Å². The van der Waals surface area contributed by atoms with Crippen molar-refractivity contribution in [3.63, 3.8) is 0 Å². The van der Waals surface area contributed by atoms with Gasteiger partial charge in [-0.05, 0) is 30.0 Å². The number of H-pyrrole nitrogens is 1. The van der Waals surface area contributed by atoms with E-state index in [0.717, 1.165) is 12.0 Å². The van der Waals surface area contributed by atoms with E-state index < -0.39 is 10.0 Å². The Morgan fingerprint density at radius 3 is 2.47 bits per heavy atom. The first-order valence-electron chi connectivity index (χ1n) is 6.08. The first kappa shape index (κ1) is 13.6. The van der Waals surface area contributed by atoms with Crippen LogP contribution in [0.5, 0.6) is 0 Å². The van der Waals surface area contributed by atoms with Crippen LogP contribution in [0.1, 0.15) is 19.4 Å². The SMILES string of the molecule is CC(C)Cc1ccc(S(=O)(=O)Nc2cn[nH]c2)cc1. The van der Waals surface area contributed by atoms with Crippen molar-refractivity contribution in [3.05, 3.63) is 42.2 Å². The molecule has 0 atom stereocenters. The van der Waals surface area contributed by atoms with Crippen LogP contribution in [0.2, 0.25) is 0 Å². The number of anilines is 1. The molecule has 1 aromatic carbocycles. The minimum absolute atomic E-state index is 0.251. The van der Waals surface area contributed by atoms with Crippen LogP contribution >= 0.6 is 0 Å². The van der Waals surface area contributed by atoms with Crippen LogP contribution in [0, 0.1) is 5.92 Å². The Kier molecular flexibility index (Phi) is 3.90. The molecule has 6 heteroatoms. The molecule has 19 heavy (non-hydrogen) atoms. The maximum absolute atomic E-state index is 12.1. The predicted molar refractivity (Wildman–Crippen MR) is 74.4 cm³/mol. The molecule has 0 aliphatic heterocycles. The van der Waals surface area contributed by atoms with Gasteiger partial charge in [-0.2, -0.15) is 5.10 Å². The van der Waals surface area contributed by atoms with Gasteiger partial charge in [0, 0.05) is 6.20 Å². The highest BCUT2D eigenvalue weighted by Gasteiger charge is 2.14. The zero-order valence-corrected chi connectivity index (χ0v) is 11.7. The van der Waals surface area contributed by atoms with Gasteiger partial charge in [0.1, 0.15) is 0 Å². The first-order chi connectivity index (χ1) is 8.97. The summed E-state index contributed by atoms with van der Waals surface area (Å²) in [7, 11) is -3.54. The fourth-order valence-corrected chi connectivity index (χ4v) is 2.83. The van der Waals surface area contributed by atoms with Crippen molar-refractivity contribution in [3.8, 4) is 0 Å². The summed E-state index contributed by atoms with van der Waals surface area (Å²) in [5.41, 5.74) is 1.56. The van der Waals surface area contributed by atoms with Gasteiger partial charge in [-0.25, -0.2) is 8.42 Å². The molecule has 2 aromatic rings. The number of benzene rings is 1. The van der Waals surface area contributed by atoms with E-state index >= 15 is 0 Å². The van der Waals surface area contributed by atoms with E-state index in [9.17, 15) is 8.42 Å². The second-order valence-corrected chi connectivity index (χ2v) is 6.52. The molecule has 0 bridgehead atoms. The molecular weight excluding hydrogens is 262 g/mol. The highest BCUT2D eigenvalue weighted by Crippen LogP contribution is 2.16. The number of hydrogen-bond donors (Lipinski definition) is 2. The van der Waals surface area contributed by atoms with Crippen molar-refractivity contribution < 1.29 is 8.42 Å². The van der Waals surface area contributed by atoms with Crippen molar-refractivity contribution in [2.45, 2.75) is 25.2 Å². The Balaban J connectivity index is 2.17. The highest BCUT2D eigenvalue weighted by atomic mass is 32.2. The first-order valence-corrected chi connectivity index (χ1v) is 7.56. The molecule has 0 aliphatic carbocycles. The van der Waals surface area contributed by atoms with Crippen LogP contribution < -0.4 is 4.72 Å². The largest absolute Gasteiger partial charge is 0.284 e. The van der Waals surface area contributed by atoms with E-state index in [0.29, 0.717) is 11.6 Å². The third-order valence-corrected chi connectivity index (χ3v) is 4.03. The molecule has 0 radical (unpaired) electrons. The number of sulfonamides is 1. The molecule has 0 saturated heterocycles. The number of nitrogens with zero attached hydrogens (tertiary/aromatic N) is 1. The molecule has 0 saturated carbocycles. The number of aromatic nitrogens is 2. The lowest BCUT2D eigenvalue weighted by molar-refractivity contribution is 0.601. The molecule has 1 aromatic heterocycles. The van der Waals surface area contributed by atoms with E-state index in [2.05, 4.69) is 28.8 Å². The fourth-order valence-electron chi connectivity index (χ4n) is 1.80. The summed E-state index contributed by atoms with van der Waals surface area (Å²) in [6.45, 7) is 4.26. The Morgan fingerprint density at radius 1 is 1.26 bits per heavy atom. The maximum atomic E-state index is 12.1. The highest BCUT2D eigenvalue weighted by molar-refractivity contribution is 7.92. The molecule has 5 nitrogen and oxygen atoms in total. The summed E-state index contributed by atoms with van der Waals surface area (Å²) >= 11 is 0. The van der Waals surface area contributed by atoms with Crippen molar-refractivity contribution >= 4 is 15.7 Å². The van der Waals surface area contributed by atoms with E-state index in [1.165, 1.54) is 12.4 Å². The Hall–Kier alpha value is -1.82. The minimum atomic E-state index is -3.54. The molecule has 2 N–H and O–H groups in total. The van der Waals surface area contributed by atoms with Crippen molar-refractivity contribution in [1.82, 2.24) is 10.2 Å². The van der Waals surface area contributed by atoms with Gasteiger partial charge in [-0.1, -0.05) is 26.0 Å². The van der Waals surface area contributed by atoms with Gasteiger partial charge >= 0.3 is 0 Å². The average molecular weight is 279 g/mol. The minimum Gasteiger partial charge on any atom is -0.284 e. The third kappa shape index (κ3) is 3.57. The van der Waals surface area contributed by atoms with Gasteiger partial charge in [0.25, 0.3) is 10.0 Å². The average Bonchev–Trinajstić information content (AvgIpc) is 2.81. The van der Waals surface area contributed by atoms with Crippen LogP contribution in [-0.2, 0) is 16.4 Å². The zero-order valence-electron chi connectivity index (χ0n) is 10.9. The van der Waals surface area contributed by atoms with Crippen molar-refractivity contribution in [2.75, 3.05) is 4.72 Å². The number of hydrogen-bond acceptors (Lipinski definition) is 3. The molecule has 0 fully saturated rings. The summed E-state index contributed by atoms with van der Waals surface area (Å²) in [5, 5.41) is 6.25. The fraction of sp³-hybridized carbons (Fsp3) is 0.308. The second kappa shape index (κ2) is 5.44. The number of aromatic amines is 1. The van der Waals surface area contributed by atoms with Crippen LogP contribution in [0.25, 0.3) is 0 Å². The summed E-state index contributed by atoms with van der Waals surface area (Å²) in [5.74, 6) is 0.548. The smallest absolute Gasteiger partial charge is 0.261 e. The molecule has 0 amide bonds. The van der Waals surface area contributed by atoms with Gasteiger partial charge in [0.15, 0.2) is 0 Å². The lowest BCUT2D eigenvalue weighted by atomic mass is 10.0. The molecule has 0 spiro atoms. The van der Waals surface area contributed by atoms with Crippen molar-refractivity contribution in [2.24, 2.45) is 5.92 Å².